The Morgan fingerprint density at radius 1 is 1.17 bits per heavy atom. The van der Waals surface area contributed by atoms with Gasteiger partial charge in [0, 0.05) is 5.39 Å². The lowest BCUT2D eigenvalue weighted by Gasteiger charge is -1.99. The molecule has 12 heavy (non-hydrogen) atoms. The summed E-state index contributed by atoms with van der Waals surface area (Å²) in [6.07, 6.45) is 0. The van der Waals surface area contributed by atoms with E-state index in [4.69, 9.17) is 11.6 Å². The summed E-state index contributed by atoms with van der Waals surface area (Å²) in [6.45, 7) is 1.85. The molecule has 0 saturated heterocycles. The van der Waals surface area contributed by atoms with Crippen LogP contribution in [-0.4, -0.2) is 10.2 Å². The lowest BCUT2D eigenvalue weighted by Crippen LogP contribution is -1.89. The van der Waals surface area contributed by atoms with Crippen LogP contribution in [-0.2, 0) is 0 Å². The number of benzene rings is 1. The second-order valence-corrected chi connectivity index (χ2v) is 2.99. The van der Waals surface area contributed by atoms with Crippen LogP contribution >= 0.6 is 11.6 Å². The van der Waals surface area contributed by atoms with E-state index in [1.54, 1.807) is 0 Å². The summed E-state index contributed by atoms with van der Waals surface area (Å²) in [5, 5.41) is 9.59. The van der Waals surface area contributed by atoms with Gasteiger partial charge in [-0.25, -0.2) is 0 Å². The minimum Gasteiger partial charge on any atom is -0.154 e. The molecule has 1 heterocycles. The number of fused-ring (bicyclic) bond motifs is 1. The van der Waals surface area contributed by atoms with E-state index in [-0.39, 0.29) is 0 Å². The highest BCUT2D eigenvalue weighted by Crippen LogP contribution is 2.22. The van der Waals surface area contributed by atoms with Crippen LogP contribution in [0.25, 0.3) is 10.9 Å². The smallest absolute Gasteiger partial charge is 0.0944 e. The van der Waals surface area contributed by atoms with E-state index in [1.807, 2.05) is 31.2 Å². The van der Waals surface area contributed by atoms with Gasteiger partial charge in [-0.3, -0.25) is 0 Å². The Kier molecular flexibility index (Phi) is 1.70. The predicted molar refractivity (Wildman–Crippen MR) is 49.3 cm³/mol. The van der Waals surface area contributed by atoms with Gasteiger partial charge < -0.3 is 0 Å². The van der Waals surface area contributed by atoms with Crippen molar-refractivity contribution in [3.63, 3.8) is 0 Å². The molecule has 0 unspecified atom stereocenters. The molecule has 1 aromatic heterocycles. The summed E-state index contributed by atoms with van der Waals surface area (Å²) in [7, 11) is 0. The van der Waals surface area contributed by atoms with Gasteiger partial charge in [0.05, 0.1) is 16.2 Å². The maximum atomic E-state index is 6.02. The predicted octanol–water partition coefficient (Wildman–Crippen LogP) is 2.59. The maximum Gasteiger partial charge on any atom is 0.0944 e. The summed E-state index contributed by atoms with van der Waals surface area (Å²) in [5.41, 5.74) is 1.61. The van der Waals surface area contributed by atoms with Crippen molar-refractivity contribution in [1.82, 2.24) is 10.2 Å². The van der Waals surface area contributed by atoms with Gasteiger partial charge in [-0.1, -0.05) is 29.8 Å². The van der Waals surface area contributed by atoms with Gasteiger partial charge in [0.2, 0.25) is 0 Å². The van der Waals surface area contributed by atoms with Gasteiger partial charge in [0.25, 0.3) is 0 Å². The number of hydrogen-bond donors (Lipinski definition) is 0. The van der Waals surface area contributed by atoms with Gasteiger partial charge >= 0.3 is 0 Å². The number of hydrogen-bond acceptors (Lipinski definition) is 2. The molecule has 2 rings (SSSR count). The molecule has 0 aliphatic heterocycles. The SMILES string of the molecule is Cc1nnc2ccccc2c1Cl. The van der Waals surface area contributed by atoms with Crippen LogP contribution < -0.4 is 0 Å². The third-order valence-electron chi connectivity index (χ3n) is 1.77. The van der Waals surface area contributed by atoms with E-state index in [0.29, 0.717) is 5.02 Å². The maximum absolute atomic E-state index is 6.02. The lowest BCUT2D eigenvalue weighted by molar-refractivity contribution is 1.02. The van der Waals surface area contributed by atoms with E-state index in [0.717, 1.165) is 16.6 Å². The van der Waals surface area contributed by atoms with Crippen LogP contribution in [0.3, 0.4) is 0 Å². The number of nitrogens with zero attached hydrogens (tertiary/aromatic N) is 2. The Bertz CT molecular complexity index is 426. The van der Waals surface area contributed by atoms with Crippen molar-refractivity contribution in [2.45, 2.75) is 6.92 Å². The molecule has 0 N–H and O–H groups in total. The first kappa shape index (κ1) is 7.50. The number of halogens is 1. The van der Waals surface area contributed by atoms with E-state index in [2.05, 4.69) is 10.2 Å². The van der Waals surface area contributed by atoms with Gasteiger partial charge in [0.1, 0.15) is 0 Å². The van der Waals surface area contributed by atoms with Crippen LogP contribution in [0.1, 0.15) is 5.69 Å². The summed E-state index contributed by atoms with van der Waals surface area (Å²) in [4.78, 5) is 0. The van der Waals surface area contributed by atoms with Crippen molar-refractivity contribution in [1.29, 1.82) is 0 Å². The molecule has 0 amide bonds. The highest BCUT2D eigenvalue weighted by Gasteiger charge is 2.02. The Morgan fingerprint density at radius 2 is 1.92 bits per heavy atom. The molecule has 2 nitrogen and oxygen atoms in total. The molecule has 2 aromatic rings. The highest BCUT2D eigenvalue weighted by molar-refractivity contribution is 6.35. The standard InChI is InChI=1S/C9H7ClN2/c1-6-9(10)7-4-2-3-5-8(7)12-11-6/h2-5H,1H3. The summed E-state index contributed by atoms with van der Waals surface area (Å²) < 4.78 is 0. The van der Waals surface area contributed by atoms with E-state index >= 15 is 0 Å². The van der Waals surface area contributed by atoms with Gasteiger partial charge in [-0.15, -0.1) is 0 Å². The van der Waals surface area contributed by atoms with Crippen LogP contribution in [0.2, 0.25) is 5.02 Å². The molecule has 0 spiro atoms. The second-order valence-electron chi connectivity index (χ2n) is 2.62. The molecular weight excluding hydrogens is 172 g/mol. The average molecular weight is 179 g/mol. The molecule has 0 bridgehead atoms. The first-order chi connectivity index (χ1) is 5.79. The molecule has 3 heteroatoms. The minimum atomic E-state index is 0.695. The van der Waals surface area contributed by atoms with Crippen LogP contribution in [0, 0.1) is 6.92 Å². The monoisotopic (exact) mass is 178 g/mol. The Balaban J connectivity index is 2.91. The number of aryl methyl sites for hydroxylation is 1. The fourth-order valence-corrected chi connectivity index (χ4v) is 1.31. The first-order valence-corrected chi connectivity index (χ1v) is 4.04. The third-order valence-corrected chi connectivity index (χ3v) is 2.24. The summed E-state index contributed by atoms with van der Waals surface area (Å²) in [6, 6.07) is 7.70. The number of aromatic nitrogens is 2. The topological polar surface area (TPSA) is 25.8 Å². The fourth-order valence-electron chi connectivity index (χ4n) is 1.11. The Labute approximate surface area is 75.2 Å². The largest absolute Gasteiger partial charge is 0.154 e. The van der Waals surface area contributed by atoms with Crippen molar-refractivity contribution in [3.8, 4) is 0 Å². The van der Waals surface area contributed by atoms with Crippen molar-refractivity contribution < 1.29 is 0 Å². The zero-order chi connectivity index (χ0) is 8.55. The summed E-state index contributed by atoms with van der Waals surface area (Å²) >= 11 is 6.02. The molecule has 0 atom stereocenters. The Morgan fingerprint density at radius 3 is 2.75 bits per heavy atom. The molecule has 0 aliphatic rings. The van der Waals surface area contributed by atoms with Gasteiger partial charge in [0.15, 0.2) is 0 Å². The van der Waals surface area contributed by atoms with Crippen LogP contribution in [0.4, 0.5) is 0 Å². The van der Waals surface area contributed by atoms with Crippen LogP contribution in [0.15, 0.2) is 24.3 Å². The average Bonchev–Trinajstić information content (AvgIpc) is 2.12. The highest BCUT2D eigenvalue weighted by atomic mass is 35.5. The summed E-state index contributed by atoms with van der Waals surface area (Å²) in [5.74, 6) is 0. The minimum absolute atomic E-state index is 0.695. The molecule has 1 aromatic carbocycles. The molecule has 0 radical (unpaired) electrons. The normalized spacial score (nSPS) is 10.5. The molecular formula is C9H7ClN2. The first-order valence-electron chi connectivity index (χ1n) is 3.66. The number of rotatable bonds is 0. The van der Waals surface area contributed by atoms with E-state index in [1.165, 1.54) is 0 Å². The van der Waals surface area contributed by atoms with E-state index in [9.17, 15) is 0 Å². The zero-order valence-electron chi connectivity index (χ0n) is 6.58. The molecule has 0 aliphatic carbocycles. The third kappa shape index (κ3) is 1.04. The zero-order valence-corrected chi connectivity index (χ0v) is 7.34. The molecule has 0 saturated carbocycles. The van der Waals surface area contributed by atoms with E-state index < -0.39 is 0 Å². The molecule has 60 valence electrons. The van der Waals surface area contributed by atoms with Gasteiger partial charge in [-0.05, 0) is 13.0 Å². The van der Waals surface area contributed by atoms with Crippen molar-refractivity contribution in [2.24, 2.45) is 0 Å². The Hall–Kier alpha value is -1.15. The van der Waals surface area contributed by atoms with Gasteiger partial charge in [-0.2, -0.15) is 10.2 Å². The van der Waals surface area contributed by atoms with Crippen molar-refractivity contribution in [2.75, 3.05) is 0 Å². The quantitative estimate of drug-likeness (QED) is 0.620. The van der Waals surface area contributed by atoms with Crippen molar-refractivity contribution in [3.05, 3.63) is 35.0 Å². The van der Waals surface area contributed by atoms with Crippen LogP contribution in [0.5, 0.6) is 0 Å². The second kappa shape index (κ2) is 2.72. The fraction of sp³-hybridized carbons (Fsp3) is 0.111. The lowest BCUT2D eigenvalue weighted by atomic mass is 10.2. The molecule has 0 fully saturated rings. The van der Waals surface area contributed by atoms with Crippen molar-refractivity contribution >= 4 is 22.5 Å².